The molecule has 0 spiro atoms. The number of nitrogen functional groups attached to an aromatic ring is 1. The maximum Gasteiger partial charge on any atom is 0.204 e. The highest BCUT2D eigenvalue weighted by Gasteiger charge is 2.17. The van der Waals surface area contributed by atoms with E-state index in [9.17, 15) is 4.79 Å². The standard InChI is InChI=1S/C13H12ClNOS/c1-7-5-8(2)17-13(7)12(16)10-4-3-9(15)6-11(10)14/h3-6H,15H2,1-2H3. The highest BCUT2D eigenvalue weighted by Crippen LogP contribution is 2.27. The number of rotatable bonds is 2. The number of ketones is 1. The molecule has 2 rings (SSSR count). The van der Waals surface area contributed by atoms with E-state index in [0.29, 0.717) is 16.3 Å². The van der Waals surface area contributed by atoms with Gasteiger partial charge in [0.25, 0.3) is 0 Å². The van der Waals surface area contributed by atoms with Crippen molar-refractivity contribution in [2.24, 2.45) is 0 Å². The van der Waals surface area contributed by atoms with Crippen LogP contribution in [0.15, 0.2) is 24.3 Å². The molecule has 0 aliphatic heterocycles. The molecule has 1 heterocycles. The Morgan fingerprint density at radius 1 is 1.29 bits per heavy atom. The number of benzene rings is 1. The Hall–Kier alpha value is -1.32. The first-order valence-electron chi connectivity index (χ1n) is 5.16. The number of nitrogens with two attached hydrogens (primary N) is 1. The van der Waals surface area contributed by atoms with Crippen molar-refractivity contribution in [1.82, 2.24) is 0 Å². The summed E-state index contributed by atoms with van der Waals surface area (Å²) in [5.74, 6) is -0.0365. The number of hydrogen-bond donors (Lipinski definition) is 1. The minimum Gasteiger partial charge on any atom is -0.399 e. The van der Waals surface area contributed by atoms with Crippen LogP contribution in [0.5, 0.6) is 0 Å². The molecule has 0 aliphatic rings. The summed E-state index contributed by atoms with van der Waals surface area (Å²) in [6.45, 7) is 3.92. The molecule has 0 saturated heterocycles. The summed E-state index contributed by atoms with van der Waals surface area (Å²) >= 11 is 7.53. The van der Waals surface area contributed by atoms with Gasteiger partial charge in [0, 0.05) is 16.1 Å². The van der Waals surface area contributed by atoms with E-state index in [-0.39, 0.29) is 5.78 Å². The Morgan fingerprint density at radius 3 is 2.53 bits per heavy atom. The minimum atomic E-state index is -0.0365. The number of carbonyl (C=O) groups is 1. The molecule has 0 unspecified atom stereocenters. The van der Waals surface area contributed by atoms with Crippen molar-refractivity contribution in [3.05, 3.63) is 50.2 Å². The van der Waals surface area contributed by atoms with E-state index in [1.165, 1.54) is 11.3 Å². The molecule has 0 atom stereocenters. The molecule has 4 heteroatoms. The lowest BCUT2D eigenvalue weighted by atomic mass is 10.1. The van der Waals surface area contributed by atoms with Gasteiger partial charge in [-0.05, 0) is 43.7 Å². The first kappa shape index (κ1) is 12.1. The van der Waals surface area contributed by atoms with Gasteiger partial charge in [-0.25, -0.2) is 0 Å². The highest BCUT2D eigenvalue weighted by atomic mass is 35.5. The van der Waals surface area contributed by atoms with Crippen molar-refractivity contribution in [1.29, 1.82) is 0 Å². The minimum absolute atomic E-state index is 0.0365. The summed E-state index contributed by atoms with van der Waals surface area (Å²) in [6, 6.07) is 6.97. The first-order chi connectivity index (χ1) is 7.99. The van der Waals surface area contributed by atoms with Crippen LogP contribution in [0, 0.1) is 13.8 Å². The van der Waals surface area contributed by atoms with Crippen LogP contribution >= 0.6 is 22.9 Å². The van der Waals surface area contributed by atoms with Crippen LogP contribution in [-0.4, -0.2) is 5.78 Å². The average molecular weight is 266 g/mol. The highest BCUT2D eigenvalue weighted by molar-refractivity contribution is 7.14. The molecule has 17 heavy (non-hydrogen) atoms. The summed E-state index contributed by atoms with van der Waals surface area (Å²) in [6.07, 6.45) is 0. The molecular weight excluding hydrogens is 254 g/mol. The van der Waals surface area contributed by atoms with Crippen molar-refractivity contribution in [2.75, 3.05) is 5.73 Å². The van der Waals surface area contributed by atoms with Crippen LogP contribution in [0.3, 0.4) is 0 Å². The largest absolute Gasteiger partial charge is 0.399 e. The van der Waals surface area contributed by atoms with Gasteiger partial charge in [0.1, 0.15) is 0 Å². The van der Waals surface area contributed by atoms with Gasteiger partial charge in [-0.15, -0.1) is 11.3 Å². The number of aryl methyl sites for hydroxylation is 2. The second kappa shape index (κ2) is 4.51. The molecule has 0 saturated carbocycles. The van der Waals surface area contributed by atoms with Gasteiger partial charge in [0.05, 0.1) is 9.90 Å². The fraction of sp³-hybridized carbons (Fsp3) is 0.154. The number of thiophene rings is 1. The molecule has 0 fully saturated rings. The smallest absolute Gasteiger partial charge is 0.204 e. The van der Waals surface area contributed by atoms with Crippen molar-refractivity contribution in [3.8, 4) is 0 Å². The SMILES string of the molecule is Cc1cc(C)c(C(=O)c2ccc(N)cc2Cl)s1. The number of halogens is 1. The van der Waals surface area contributed by atoms with Gasteiger partial charge in [-0.1, -0.05) is 11.6 Å². The Morgan fingerprint density at radius 2 is 2.00 bits per heavy atom. The van der Waals surface area contributed by atoms with E-state index in [1.807, 2.05) is 19.9 Å². The zero-order chi connectivity index (χ0) is 12.6. The Balaban J connectivity index is 2.47. The summed E-state index contributed by atoms with van der Waals surface area (Å²) in [5, 5.41) is 0.403. The molecule has 1 aromatic carbocycles. The zero-order valence-corrected chi connectivity index (χ0v) is 11.2. The molecule has 2 nitrogen and oxygen atoms in total. The third-order valence-electron chi connectivity index (χ3n) is 2.48. The third kappa shape index (κ3) is 2.35. The lowest BCUT2D eigenvalue weighted by Gasteiger charge is -2.03. The van der Waals surface area contributed by atoms with Gasteiger partial charge >= 0.3 is 0 Å². The van der Waals surface area contributed by atoms with Gasteiger partial charge in [0.15, 0.2) is 0 Å². The van der Waals surface area contributed by atoms with Gasteiger partial charge in [-0.3, -0.25) is 4.79 Å². The molecular formula is C13H12ClNOS. The molecule has 2 aromatic rings. The maximum atomic E-state index is 12.3. The summed E-state index contributed by atoms with van der Waals surface area (Å²) in [7, 11) is 0. The second-order valence-electron chi connectivity index (χ2n) is 3.94. The Labute approximate surface area is 109 Å². The molecule has 1 aromatic heterocycles. The van der Waals surface area contributed by atoms with Crippen molar-refractivity contribution >= 4 is 34.4 Å². The molecule has 0 aliphatic carbocycles. The number of carbonyl (C=O) groups excluding carboxylic acids is 1. The predicted octanol–water partition coefficient (Wildman–Crippen LogP) is 3.83. The van der Waals surface area contributed by atoms with Crippen LogP contribution in [-0.2, 0) is 0 Å². The van der Waals surface area contributed by atoms with Crippen LogP contribution in [0.25, 0.3) is 0 Å². The monoisotopic (exact) mass is 265 g/mol. The average Bonchev–Trinajstić information content (AvgIpc) is 2.57. The van der Waals surface area contributed by atoms with Crippen molar-refractivity contribution in [2.45, 2.75) is 13.8 Å². The van der Waals surface area contributed by atoms with E-state index in [1.54, 1.807) is 18.2 Å². The van der Waals surface area contributed by atoms with Gasteiger partial charge in [-0.2, -0.15) is 0 Å². The number of anilines is 1. The molecule has 0 amide bonds. The van der Waals surface area contributed by atoms with Crippen LogP contribution in [0.4, 0.5) is 5.69 Å². The molecule has 2 N–H and O–H groups in total. The quantitative estimate of drug-likeness (QED) is 0.662. The lowest BCUT2D eigenvalue weighted by Crippen LogP contribution is -2.02. The fourth-order valence-electron chi connectivity index (χ4n) is 1.70. The topological polar surface area (TPSA) is 43.1 Å². The Bertz CT molecular complexity index is 589. The van der Waals surface area contributed by atoms with Crippen LogP contribution < -0.4 is 5.73 Å². The third-order valence-corrected chi connectivity index (χ3v) is 3.95. The zero-order valence-electron chi connectivity index (χ0n) is 9.58. The van der Waals surface area contributed by atoms with E-state index in [4.69, 9.17) is 17.3 Å². The Kier molecular flexibility index (Phi) is 3.22. The van der Waals surface area contributed by atoms with Gasteiger partial charge in [0.2, 0.25) is 5.78 Å². The maximum absolute atomic E-state index is 12.3. The second-order valence-corrected chi connectivity index (χ2v) is 5.60. The van der Waals surface area contributed by atoms with E-state index in [0.717, 1.165) is 15.3 Å². The summed E-state index contributed by atoms with van der Waals surface area (Å²) in [5.41, 5.74) is 7.66. The molecule has 0 bridgehead atoms. The molecule has 88 valence electrons. The van der Waals surface area contributed by atoms with Crippen molar-refractivity contribution < 1.29 is 4.79 Å². The van der Waals surface area contributed by atoms with Crippen LogP contribution in [0.2, 0.25) is 5.02 Å². The van der Waals surface area contributed by atoms with E-state index < -0.39 is 0 Å². The first-order valence-corrected chi connectivity index (χ1v) is 6.35. The van der Waals surface area contributed by atoms with E-state index >= 15 is 0 Å². The van der Waals surface area contributed by atoms with Crippen molar-refractivity contribution in [3.63, 3.8) is 0 Å². The van der Waals surface area contributed by atoms with E-state index in [2.05, 4.69) is 0 Å². The normalized spacial score (nSPS) is 10.5. The number of hydrogen-bond acceptors (Lipinski definition) is 3. The van der Waals surface area contributed by atoms with Crippen LogP contribution in [0.1, 0.15) is 25.7 Å². The predicted molar refractivity (Wildman–Crippen MR) is 73.1 cm³/mol. The lowest BCUT2D eigenvalue weighted by molar-refractivity contribution is 0.104. The summed E-state index contributed by atoms with van der Waals surface area (Å²) < 4.78 is 0. The fourth-order valence-corrected chi connectivity index (χ4v) is 2.96. The summed E-state index contributed by atoms with van der Waals surface area (Å²) in [4.78, 5) is 14.2. The molecule has 0 radical (unpaired) electrons. The van der Waals surface area contributed by atoms with Gasteiger partial charge < -0.3 is 5.73 Å².